The fourth-order valence-corrected chi connectivity index (χ4v) is 3.64. The number of carbonyl (C=O) groups excluding carboxylic acids is 2. The zero-order valence-corrected chi connectivity index (χ0v) is 16.5. The Labute approximate surface area is 167 Å². The van der Waals surface area contributed by atoms with Crippen molar-refractivity contribution in [2.45, 2.75) is 24.8 Å². The van der Waals surface area contributed by atoms with Gasteiger partial charge in [-0.3, -0.25) is 9.59 Å². The summed E-state index contributed by atoms with van der Waals surface area (Å²) < 4.78 is 58.1. The molecule has 0 fully saturated rings. The van der Waals surface area contributed by atoms with Gasteiger partial charge < -0.3 is 10.1 Å². The second-order valence-corrected chi connectivity index (χ2v) is 8.15. The zero-order valence-electron chi connectivity index (χ0n) is 15.7. The van der Waals surface area contributed by atoms with Crippen molar-refractivity contribution in [3.8, 4) is 0 Å². The molecule has 1 atom stereocenters. The highest BCUT2D eigenvalue weighted by Crippen LogP contribution is 2.14. The molecule has 2 aromatic rings. The summed E-state index contributed by atoms with van der Waals surface area (Å²) in [5.41, 5.74) is -0.0184. The van der Waals surface area contributed by atoms with Crippen molar-refractivity contribution in [2.24, 2.45) is 5.92 Å². The number of halogens is 2. The van der Waals surface area contributed by atoms with Crippen LogP contribution in [0.5, 0.6) is 0 Å². The van der Waals surface area contributed by atoms with Crippen molar-refractivity contribution in [2.75, 3.05) is 11.9 Å². The first-order chi connectivity index (χ1) is 13.6. The predicted octanol–water partition coefficient (Wildman–Crippen LogP) is 2.45. The number of rotatable bonds is 8. The van der Waals surface area contributed by atoms with Crippen LogP contribution in [0.15, 0.2) is 53.4 Å². The number of nitrogens with one attached hydrogen (secondary N) is 2. The lowest BCUT2D eigenvalue weighted by molar-refractivity contribution is -0.150. The number of carbonyl (C=O) groups is 2. The first kappa shape index (κ1) is 22.4. The smallest absolute Gasteiger partial charge is 0.324 e. The van der Waals surface area contributed by atoms with E-state index in [1.54, 1.807) is 32.0 Å². The van der Waals surface area contributed by atoms with Crippen LogP contribution in [0.4, 0.5) is 14.5 Å². The van der Waals surface area contributed by atoms with E-state index in [1.165, 1.54) is 12.1 Å². The van der Waals surface area contributed by atoms with Crippen LogP contribution in [-0.2, 0) is 24.3 Å². The number of benzene rings is 2. The largest absolute Gasteiger partial charge is 0.454 e. The quantitative estimate of drug-likeness (QED) is 0.632. The molecule has 10 heteroatoms. The topological polar surface area (TPSA) is 102 Å². The Morgan fingerprint density at radius 3 is 2.28 bits per heavy atom. The first-order valence-corrected chi connectivity index (χ1v) is 10.1. The van der Waals surface area contributed by atoms with Crippen LogP contribution < -0.4 is 10.0 Å². The van der Waals surface area contributed by atoms with E-state index in [0.29, 0.717) is 0 Å². The highest BCUT2D eigenvalue weighted by Gasteiger charge is 2.30. The Morgan fingerprint density at radius 1 is 1.03 bits per heavy atom. The summed E-state index contributed by atoms with van der Waals surface area (Å²) in [6.45, 7) is 2.50. The molecule has 1 amide bonds. The lowest BCUT2D eigenvalue weighted by Crippen LogP contribution is -2.45. The number of esters is 1. The number of anilines is 1. The Balaban J connectivity index is 1.98. The van der Waals surface area contributed by atoms with E-state index >= 15 is 0 Å². The summed E-state index contributed by atoms with van der Waals surface area (Å²) in [6, 6.07) is 9.02. The molecule has 0 saturated carbocycles. The minimum atomic E-state index is -3.97. The summed E-state index contributed by atoms with van der Waals surface area (Å²) in [7, 11) is -3.97. The molecule has 2 rings (SSSR count). The Kier molecular flexibility index (Phi) is 7.40. The van der Waals surface area contributed by atoms with Crippen LogP contribution in [0.1, 0.15) is 13.8 Å². The van der Waals surface area contributed by atoms with Crippen molar-refractivity contribution in [1.29, 1.82) is 0 Å². The fourth-order valence-electron chi connectivity index (χ4n) is 2.29. The van der Waals surface area contributed by atoms with Crippen LogP contribution >= 0.6 is 0 Å². The third kappa shape index (κ3) is 6.33. The van der Waals surface area contributed by atoms with Crippen LogP contribution in [0.3, 0.4) is 0 Å². The average molecular weight is 426 g/mol. The minimum absolute atomic E-state index is 0.0184. The maximum Gasteiger partial charge on any atom is 0.324 e. The van der Waals surface area contributed by atoms with Crippen molar-refractivity contribution in [3.05, 3.63) is 60.2 Å². The molecular weight excluding hydrogens is 406 g/mol. The molecule has 29 heavy (non-hydrogen) atoms. The summed E-state index contributed by atoms with van der Waals surface area (Å²) in [4.78, 5) is 24.2. The van der Waals surface area contributed by atoms with Gasteiger partial charge in [0.05, 0.1) is 4.90 Å². The van der Waals surface area contributed by atoms with Crippen molar-refractivity contribution >= 4 is 27.6 Å². The fraction of sp³-hybridized carbons (Fsp3) is 0.263. The van der Waals surface area contributed by atoms with Gasteiger partial charge in [-0.05, 0) is 30.2 Å². The van der Waals surface area contributed by atoms with E-state index in [2.05, 4.69) is 10.0 Å². The minimum Gasteiger partial charge on any atom is -0.454 e. The molecule has 0 aliphatic carbocycles. The van der Waals surface area contributed by atoms with Gasteiger partial charge in [-0.2, -0.15) is 4.72 Å². The molecule has 0 aliphatic heterocycles. The predicted molar refractivity (Wildman–Crippen MR) is 101 cm³/mol. The van der Waals surface area contributed by atoms with Gasteiger partial charge in [-0.1, -0.05) is 32.0 Å². The summed E-state index contributed by atoms with van der Waals surface area (Å²) in [5, 5.41) is 2.25. The number of sulfonamides is 1. The van der Waals surface area contributed by atoms with E-state index in [4.69, 9.17) is 4.74 Å². The third-order valence-electron chi connectivity index (χ3n) is 3.81. The normalized spacial score (nSPS) is 12.4. The van der Waals surface area contributed by atoms with Crippen molar-refractivity contribution in [1.82, 2.24) is 4.72 Å². The summed E-state index contributed by atoms with van der Waals surface area (Å²) in [5.74, 6) is -4.41. The van der Waals surface area contributed by atoms with Gasteiger partial charge in [0.15, 0.2) is 18.2 Å². The van der Waals surface area contributed by atoms with Crippen LogP contribution in [0.25, 0.3) is 0 Å². The maximum atomic E-state index is 13.2. The summed E-state index contributed by atoms with van der Waals surface area (Å²) in [6.07, 6.45) is 0. The molecule has 0 spiro atoms. The van der Waals surface area contributed by atoms with Crippen LogP contribution in [0, 0.1) is 17.6 Å². The number of hydrogen-bond acceptors (Lipinski definition) is 5. The highest BCUT2D eigenvalue weighted by molar-refractivity contribution is 7.89. The molecule has 7 nitrogen and oxygen atoms in total. The van der Waals surface area contributed by atoms with E-state index in [-0.39, 0.29) is 10.6 Å². The molecular formula is C19H20F2N2O5S. The van der Waals surface area contributed by atoms with Gasteiger partial charge in [-0.15, -0.1) is 0 Å². The SMILES string of the molecule is CC(C)[C@@H](NS(=O)(=O)c1ccccc1)C(=O)OCC(=O)Nc1ccc(F)c(F)c1. The molecule has 2 N–H and O–H groups in total. The van der Waals surface area contributed by atoms with Crippen molar-refractivity contribution < 1.29 is 31.5 Å². The van der Waals surface area contributed by atoms with Gasteiger partial charge in [0.1, 0.15) is 6.04 Å². The van der Waals surface area contributed by atoms with Gasteiger partial charge in [-0.25, -0.2) is 17.2 Å². The first-order valence-electron chi connectivity index (χ1n) is 8.59. The Bertz CT molecular complexity index is 981. The van der Waals surface area contributed by atoms with Crippen LogP contribution in [0.2, 0.25) is 0 Å². The molecule has 0 heterocycles. The second-order valence-electron chi connectivity index (χ2n) is 6.44. The summed E-state index contributed by atoms with van der Waals surface area (Å²) >= 11 is 0. The van der Waals surface area contributed by atoms with Crippen LogP contribution in [-0.4, -0.2) is 32.9 Å². The maximum absolute atomic E-state index is 13.2. The van der Waals surface area contributed by atoms with E-state index in [9.17, 15) is 26.8 Å². The van der Waals surface area contributed by atoms with Gasteiger partial charge in [0, 0.05) is 11.8 Å². The molecule has 0 saturated heterocycles. The van der Waals surface area contributed by atoms with Gasteiger partial charge in [0.25, 0.3) is 5.91 Å². The van der Waals surface area contributed by atoms with E-state index in [1.807, 2.05) is 0 Å². The van der Waals surface area contributed by atoms with Gasteiger partial charge >= 0.3 is 5.97 Å². The molecule has 0 bridgehead atoms. The monoisotopic (exact) mass is 426 g/mol. The molecule has 0 aliphatic rings. The lowest BCUT2D eigenvalue weighted by Gasteiger charge is -2.20. The molecule has 2 aromatic carbocycles. The van der Waals surface area contributed by atoms with Gasteiger partial charge in [0.2, 0.25) is 10.0 Å². The Hall–Kier alpha value is -2.85. The molecule has 0 radical (unpaired) electrons. The van der Waals surface area contributed by atoms with E-state index in [0.717, 1.165) is 18.2 Å². The Morgan fingerprint density at radius 2 is 1.69 bits per heavy atom. The molecule has 156 valence electrons. The average Bonchev–Trinajstić information content (AvgIpc) is 2.67. The second kappa shape index (κ2) is 9.57. The highest BCUT2D eigenvalue weighted by atomic mass is 32.2. The molecule has 0 aromatic heterocycles. The third-order valence-corrected chi connectivity index (χ3v) is 5.26. The lowest BCUT2D eigenvalue weighted by atomic mass is 10.1. The zero-order chi connectivity index (χ0) is 21.6. The van der Waals surface area contributed by atoms with E-state index < -0.39 is 52.1 Å². The number of ether oxygens (including phenoxy) is 1. The standard InChI is InChI=1S/C19H20F2N2O5S/c1-12(2)18(23-29(26,27)14-6-4-3-5-7-14)19(25)28-11-17(24)22-13-8-9-15(20)16(21)10-13/h3-10,12,18,23H,11H2,1-2H3,(H,22,24)/t18-/m1/s1. The number of amides is 1. The molecule has 0 unspecified atom stereocenters. The number of hydrogen-bond donors (Lipinski definition) is 2. The van der Waals surface area contributed by atoms with Crippen molar-refractivity contribution in [3.63, 3.8) is 0 Å².